The molecule has 0 radical (unpaired) electrons. The lowest BCUT2D eigenvalue weighted by atomic mass is 10.1. The molecule has 16 heavy (non-hydrogen) atoms. The molecule has 0 fully saturated rings. The number of hydrogen-bond donors (Lipinski definition) is 0. The van der Waals surface area contributed by atoms with Crippen molar-refractivity contribution in [1.29, 1.82) is 0 Å². The van der Waals surface area contributed by atoms with E-state index in [1.165, 1.54) is 24.0 Å². The number of carbonyl (C=O) groups is 1. The van der Waals surface area contributed by atoms with Crippen molar-refractivity contribution < 1.29 is 4.79 Å². The van der Waals surface area contributed by atoms with Crippen molar-refractivity contribution in [2.24, 2.45) is 0 Å². The molecule has 0 unspecified atom stereocenters. The molecule has 1 aromatic rings. The van der Waals surface area contributed by atoms with E-state index in [-0.39, 0.29) is 5.91 Å². The molecule has 1 aliphatic rings. The molecule has 0 spiro atoms. The lowest BCUT2D eigenvalue weighted by Gasteiger charge is -2.18. The second kappa shape index (κ2) is 4.12. The zero-order chi connectivity index (χ0) is 11.7. The van der Waals surface area contributed by atoms with Crippen LogP contribution in [0.4, 0.5) is 5.69 Å². The van der Waals surface area contributed by atoms with Crippen LogP contribution in [-0.2, 0) is 17.6 Å². The third kappa shape index (κ3) is 1.87. The van der Waals surface area contributed by atoms with E-state index in [2.05, 4.69) is 18.7 Å². The van der Waals surface area contributed by atoms with Gasteiger partial charge in [0.2, 0.25) is 0 Å². The van der Waals surface area contributed by atoms with Crippen LogP contribution in [0.3, 0.4) is 0 Å². The Morgan fingerprint density at radius 1 is 1.31 bits per heavy atom. The van der Waals surface area contributed by atoms with Crippen LogP contribution in [0.15, 0.2) is 30.4 Å². The molecular weight excluding hydrogens is 198 g/mol. The summed E-state index contributed by atoms with van der Waals surface area (Å²) in [5.74, 6) is -0.0158. The standard InChI is InChI=1S/C14H17NO/c1-10(2)14(16)15(3)13-8-7-11-5-4-6-12(11)9-13/h7-9H,1,4-6H2,2-3H3. The second-order valence-corrected chi connectivity index (χ2v) is 4.45. The fourth-order valence-electron chi connectivity index (χ4n) is 2.17. The average molecular weight is 215 g/mol. The maximum Gasteiger partial charge on any atom is 0.253 e. The maximum absolute atomic E-state index is 11.8. The molecule has 84 valence electrons. The Labute approximate surface area is 96.6 Å². The third-order valence-corrected chi connectivity index (χ3v) is 3.14. The van der Waals surface area contributed by atoms with E-state index in [0.29, 0.717) is 5.57 Å². The van der Waals surface area contributed by atoms with E-state index in [9.17, 15) is 4.79 Å². The van der Waals surface area contributed by atoms with Crippen molar-refractivity contribution in [3.05, 3.63) is 41.5 Å². The van der Waals surface area contributed by atoms with Gasteiger partial charge in [0.1, 0.15) is 0 Å². The molecule has 0 bridgehead atoms. The lowest BCUT2D eigenvalue weighted by Crippen LogP contribution is -2.26. The van der Waals surface area contributed by atoms with Gasteiger partial charge in [-0.1, -0.05) is 12.6 Å². The number of anilines is 1. The molecule has 0 aromatic heterocycles. The van der Waals surface area contributed by atoms with Gasteiger partial charge in [0.25, 0.3) is 5.91 Å². The SMILES string of the molecule is C=C(C)C(=O)N(C)c1ccc2c(c1)CCC2. The quantitative estimate of drug-likeness (QED) is 0.695. The van der Waals surface area contributed by atoms with Crippen molar-refractivity contribution in [3.8, 4) is 0 Å². The third-order valence-electron chi connectivity index (χ3n) is 3.14. The van der Waals surface area contributed by atoms with Crippen LogP contribution >= 0.6 is 0 Å². The number of aryl methyl sites for hydroxylation is 2. The first kappa shape index (κ1) is 10.9. The topological polar surface area (TPSA) is 20.3 Å². The van der Waals surface area contributed by atoms with E-state index in [0.717, 1.165) is 12.1 Å². The number of rotatable bonds is 2. The van der Waals surface area contributed by atoms with Gasteiger partial charge in [0, 0.05) is 18.3 Å². The number of fused-ring (bicyclic) bond motifs is 1. The van der Waals surface area contributed by atoms with Crippen molar-refractivity contribution in [1.82, 2.24) is 0 Å². The van der Waals surface area contributed by atoms with Crippen LogP contribution in [-0.4, -0.2) is 13.0 Å². The Balaban J connectivity index is 2.28. The van der Waals surface area contributed by atoms with Crippen LogP contribution in [0.1, 0.15) is 24.5 Å². The van der Waals surface area contributed by atoms with Crippen molar-refractivity contribution in [2.45, 2.75) is 26.2 Å². The molecule has 1 aromatic carbocycles. The highest BCUT2D eigenvalue weighted by molar-refractivity contribution is 6.04. The van der Waals surface area contributed by atoms with Crippen LogP contribution in [0, 0.1) is 0 Å². The minimum atomic E-state index is -0.0158. The number of benzene rings is 1. The smallest absolute Gasteiger partial charge is 0.253 e. The van der Waals surface area contributed by atoms with Crippen LogP contribution in [0.2, 0.25) is 0 Å². The van der Waals surface area contributed by atoms with Crippen LogP contribution in [0.5, 0.6) is 0 Å². The summed E-state index contributed by atoms with van der Waals surface area (Å²) in [5, 5.41) is 0. The molecule has 0 heterocycles. The first-order chi connectivity index (χ1) is 7.59. The summed E-state index contributed by atoms with van der Waals surface area (Å²) in [7, 11) is 1.80. The van der Waals surface area contributed by atoms with Gasteiger partial charge in [0.05, 0.1) is 0 Å². The van der Waals surface area contributed by atoms with E-state index >= 15 is 0 Å². The number of hydrogen-bond acceptors (Lipinski definition) is 1. The van der Waals surface area contributed by atoms with Gasteiger partial charge >= 0.3 is 0 Å². The Morgan fingerprint density at radius 2 is 2.00 bits per heavy atom. The molecule has 0 aliphatic heterocycles. The molecule has 1 amide bonds. The summed E-state index contributed by atoms with van der Waals surface area (Å²) in [5.41, 5.74) is 4.36. The minimum Gasteiger partial charge on any atom is -0.312 e. The zero-order valence-corrected chi connectivity index (χ0v) is 9.92. The van der Waals surface area contributed by atoms with Crippen molar-refractivity contribution in [2.75, 3.05) is 11.9 Å². The molecule has 2 heteroatoms. The molecule has 1 aliphatic carbocycles. The lowest BCUT2D eigenvalue weighted by molar-refractivity contribution is -0.114. The molecule has 0 N–H and O–H groups in total. The minimum absolute atomic E-state index is 0.0158. The highest BCUT2D eigenvalue weighted by atomic mass is 16.2. The zero-order valence-electron chi connectivity index (χ0n) is 9.92. The Kier molecular flexibility index (Phi) is 2.82. The number of likely N-dealkylation sites (N-methyl/N-ethyl adjacent to an activating group) is 1. The normalized spacial score (nSPS) is 13.4. The Hall–Kier alpha value is -1.57. The van der Waals surface area contributed by atoms with Gasteiger partial charge in [0.15, 0.2) is 0 Å². The highest BCUT2D eigenvalue weighted by Crippen LogP contribution is 2.26. The molecule has 0 saturated carbocycles. The molecule has 2 nitrogen and oxygen atoms in total. The van der Waals surface area contributed by atoms with E-state index in [1.807, 2.05) is 6.07 Å². The van der Waals surface area contributed by atoms with Gasteiger partial charge in [-0.2, -0.15) is 0 Å². The number of amides is 1. The van der Waals surface area contributed by atoms with Crippen molar-refractivity contribution in [3.63, 3.8) is 0 Å². The van der Waals surface area contributed by atoms with Gasteiger partial charge in [-0.05, 0) is 49.4 Å². The summed E-state index contributed by atoms with van der Waals surface area (Å²) in [4.78, 5) is 13.4. The largest absolute Gasteiger partial charge is 0.312 e. The fourth-order valence-corrected chi connectivity index (χ4v) is 2.17. The maximum atomic E-state index is 11.8. The first-order valence-corrected chi connectivity index (χ1v) is 5.65. The summed E-state index contributed by atoms with van der Waals surface area (Å²) < 4.78 is 0. The molecular formula is C14H17NO. The predicted molar refractivity (Wildman–Crippen MR) is 66.7 cm³/mol. The molecule has 2 rings (SSSR count). The van der Waals surface area contributed by atoms with Gasteiger partial charge in [-0.25, -0.2) is 0 Å². The highest BCUT2D eigenvalue weighted by Gasteiger charge is 2.15. The van der Waals surface area contributed by atoms with E-state index in [4.69, 9.17) is 0 Å². The summed E-state index contributed by atoms with van der Waals surface area (Å²) in [6, 6.07) is 6.29. The predicted octanol–water partition coefficient (Wildman–Crippen LogP) is 2.71. The summed E-state index contributed by atoms with van der Waals surface area (Å²) in [6.45, 7) is 5.43. The Morgan fingerprint density at radius 3 is 2.69 bits per heavy atom. The van der Waals surface area contributed by atoms with Gasteiger partial charge < -0.3 is 4.90 Å². The Bertz CT molecular complexity index is 448. The monoisotopic (exact) mass is 215 g/mol. The summed E-state index contributed by atoms with van der Waals surface area (Å²) in [6.07, 6.45) is 3.54. The second-order valence-electron chi connectivity index (χ2n) is 4.45. The number of carbonyl (C=O) groups excluding carboxylic acids is 1. The average Bonchev–Trinajstić information content (AvgIpc) is 2.73. The van der Waals surface area contributed by atoms with Crippen molar-refractivity contribution >= 4 is 11.6 Å². The van der Waals surface area contributed by atoms with Crippen LogP contribution in [0.25, 0.3) is 0 Å². The van der Waals surface area contributed by atoms with Crippen LogP contribution < -0.4 is 4.90 Å². The van der Waals surface area contributed by atoms with Gasteiger partial charge in [-0.15, -0.1) is 0 Å². The van der Waals surface area contributed by atoms with E-state index < -0.39 is 0 Å². The summed E-state index contributed by atoms with van der Waals surface area (Å²) >= 11 is 0. The number of nitrogens with zero attached hydrogens (tertiary/aromatic N) is 1. The van der Waals surface area contributed by atoms with Gasteiger partial charge in [-0.3, -0.25) is 4.79 Å². The first-order valence-electron chi connectivity index (χ1n) is 5.65. The van der Waals surface area contributed by atoms with E-state index in [1.54, 1.807) is 18.9 Å². The fraction of sp³-hybridized carbons (Fsp3) is 0.357. The molecule has 0 atom stereocenters. The molecule has 0 saturated heterocycles.